The van der Waals surface area contributed by atoms with E-state index in [0.717, 1.165) is 9.87 Å². The molecule has 0 aromatic heterocycles. The van der Waals surface area contributed by atoms with Gasteiger partial charge in [-0.2, -0.15) is 0 Å². The van der Waals surface area contributed by atoms with Crippen LogP contribution >= 0.6 is 27.5 Å². The molecule has 3 aromatic carbocycles. The molecule has 1 atom stereocenters. The maximum Gasteiger partial charge on any atom is 0.264 e. The van der Waals surface area contributed by atoms with Gasteiger partial charge in [0, 0.05) is 18.1 Å². The molecule has 0 saturated heterocycles. The van der Waals surface area contributed by atoms with E-state index < -0.39 is 28.5 Å². The molecule has 0 bridgehead atoms. The zero-order valence-corrected chi connectivity index (χ0v) is 25.3. The van der Waals surface area contributed by atoms with Crippen molar-refractivity contribution in [1.82, 2.24) is 10.2 Å². The first kappa shape index (κ1) is 30.5. The lowest BCUT2D eigenvalue weighted by Crippen LogP contribution is -2.51. The molecule has 39 heavy (non-hydrogen) atoms. The van der Waals surface area contributed by atoms with E-state index in [4.69, 9.17) is 16.3 Å². The number of nitrogens with zero attached hydrogens (tertiary/aromatic N) is 2. The number of anilines is 1. The highest BCUT2D eigenvalue weighted by Gasteiger charge is 2.33. The summed E-state index contributed by atoms with van der Waals surface area (Å²) in [4.78, 5) is 28.0. The standard InChI is InChI=1S/C28H31BrClN3O5S/c1-5-31-28(35)20(3)32(17-21-8-6-7-9-25(21)30)27(34)18-33(22-12-10-19(2)11-13-22)39(36,37)23-14-15-26(38-4)24(29)16-23/h6-16,20H,5,17-18H2,1-4H3,(H,31,35)/t20-/m0/s1. The number of amides is 2. The monoisotopic (exact) mass is 635 g/mol. The molecule has 8 nitrogen and oxygen atoms in total. The third-order valence-corrected chi connectivity index (χ3v) is 8.89. The van der Waals surface area contributed by atoms with Gasteiger partial charge >= 0.3 is 0 Å². The minimum absolute atomic E-state index is 0.0205. The van der Waals surface area contributed by atoms with Crippen LogP contribution in [0.3, 0.4) is 0 Å². The van der Waals surface area contributed by atoms with Crippen molar-refractivity contribution in [2.75, 3.05) is 24.5 Å². The molecular weight excluding hydrogens is 606 g/mol. The van der Waals surface area contributed by atoms with Gasteiger partial charge in [0.15, 0.2) is 0 Å². The molecule has 0 radical (unpaired) electrons. The van der Waals surface area contributed by atoms with Gasteiger partial charge in [-0.1, -0.05) is 47.5 Å². The van der Waals surface area contributed by atoms with Gasteiger partial charge in [-0.3, -0.25) is 13.9 Å². The topological polar surface area (TPSA) is 96.0 Å². The number of methoxy groups -OCH3 is 1. The van der Waals surface area contributed by atoms with Crippen molar-refractivity contribution >= 4 is 55.1 Å². The van der Waals surface area contributed by atoms with Crippen molar-refractivity contribution < 1.29 is 22.7 Å². The highest BCUT2D eigenvalue weighted by Crippen LogP contribution is 2.31. The third-order valence-electron chi connectivity index (χ3n) is 6.13. The van der Waals surface area contributed by atoms with Crippen molar-refractivity contribution in [3.05, 3.63) is 87.4 Å². The summed E-state index contributed by atoms with van der Waals surface area (Å²) in [5, 5.41) is 3.17. The Morgan fingerprint density at radius 1 is 1.08 bits per heavy atom. The summed E-state index contributed by atoms with van der Waals surface area (Å²) in [6, 6.07) is 17.3. The third kappa shape index (κ3) is 7.32. The first-order chi connectivity index (χ1) is 18.5. The van der Waals surface area contributed by atoms with E-state index in [-0.39, 0.29) is 17.3 Å². The zero-order valence-electron chi connectivity index (χ0n) is 22.1. The molecule has 3 rings (SSSR count). The van der Waals surface area contributed by atoms with Gasteiger partial charge in [-0.25, -0.2) is 8.42 Å². The molecule has 2 amide bonds. The molecule has 0 heterocycles. The Morgan fingerprint density at radius 2 is 1.74 bits per heavy atom. The smallest absolute Gasteiger partial charge is 0.264 e. The average molecular weight is 637 g/mol. The first-order valence-electron chi connectivity index (χ1n) is 12.2. The number of hydrogen-bond acceptors (Lipinski definition) is 5. The number of carbonyl (C=O) groups excluding carboxylic acids is 2. The molecule has 0 spiro atoms. The number of nitrogens with one attached hydrogen (secondary N) is 1. The predicted molar refractivity (Wildman–Crippen MR) is 157 cm³/mol. The van der Waals surface area contributed by atoms with Crippen LogP contribution in [-0.4, -0.2) is 51.4 Å². The lowest BCUT2D eigenvalue weighted by Gasteiger charge is -2.32. The number of carbonyl (C=O) groups is 2. The number of halogens is 2. The largest absolute Gasteiger partial charge is 0.496 e. The predicted octanol–water partition coefficient (Wildman–Crippen LogP) is 5.17. The SMILES string of the molecule is CCNC(=O)[C@H](C)N(Cc1ccccc1Cl)C(=O)CN(c1ccc(C)cc1)S(=O)(=O)c1ccc(OC)c(Br)c1. The second-order valence-electron chi connectivity index (χ2n) is 8.83. The summed E-state index contributed by atoms with van der Waals surface area (Å²) in [6.45, 7) is 5.13. The van der Waals surface area contributed by atoms with Crippen molar-refractivity contribution in [2.24, 2.45) is 0 Å². The summed E-state index contributed by atoms with van der Waals surface area (Å²) in [6.07, 6.45) is 0. The fourth-order valence-electron chi connectivity index (χ4n) is 3.89. The molecule has 11 heteroatoms. The molecule has 0 fully saturated rings. The molecule has 0 aliphatic rings. The summed E-state index contributed by atoms with van der Waals surface area (Å²) >= 11 is 9.71. The van der Waals surface area contributed by atoms with E-state index >= 15 is 0 Å². The van der Waals surface area contributed by atoms with E-state index in [2.05, 4.69) is 21.2 Å². The van der Waals surface area contributed by atoms with Crippen LogP contribution in [0.25, 0.3) is 0 Å². The van der Waals surface area contributed by atoms with E-state index in [1.54, 1.807) is 62.4 Å². The zero-order chi connectivity index (χ0) is 28.7. The Bertz CT molecular complexity index is 1430. The normalized spacial score (nSPS) is 11.9. The number of aryl methyl sites for hydroxylation is 1. The molecule has 0 saturated carbocycles. The number of likely N-dealkylation sites (N-methyl/N-ethyl adjacent to an activating group) is 1. The van der Waals surface area contributed by atoms with Gasteiger partial charge in [0.05, 0.1) is 22.2 Å². The van der Waals surface area contributed by atoms with Gasteiger partial charge in [0.2, 0.25) is 11.8 Å². The molecule has 0 aliphatic carbocycles. The summed E-state index contributed by atoms with van der Waals surface area (Å²) in [5.41, 5.74) is 1.87. The van der Waals surface area contributed by atoms with Gasteiger partial charge in [-0.15, -0.1) is 0 Å². The number of rotatable bonds is 11. The van der Waals surface area contributed by atoms with E-state index in [1.807, 2.05) is 6.92 Å². The van der Waals surface area contributed by atoms with Gasteiger partial charge in [0.1, 0.15) is 18.3 Å². The van der Waals surface area contributed by atoms with Crippen LogP contribution in [0.2, 0.25) is 5.02 Å². The summed E-state index contributed by atoms with van der Waals surface area (Å²) in [5.74, 6) is -0.458. The summed E-state index contributed by atoms with van der Waals surface area (Å²) < 4.78 is 34.6. The number of benzene rings is 3. The van der Waals surface area contributed by atoms with Crippen LogP contribution in [-0.2, 0) is 26.2 Å². The van der Waals surface area contributed by atoms with E-state index in [9.17, 15) is 18.0 Å². The molecule has 3 aromatic rings. The van der Waals surface area contributed by atoms with Crippen LogP contribution in [0.1, 0.15) is 25.0 Å². The van der Waals surface area contributed by atoms with E-state index in [0.29, 0.717) is 33.0 Å². The second-order valence-corrected chi connectivity index (χ2v) is 12.0. The number of ether oxygens (including phenoxy) is 1. The molecular formula is C28H31BrClN3O5S. The highest BCUT2D eigenvalue weighted by atomic mass is 79.9. The molecule has 1 N–H and O–H groups in total. The van der Waals surface area contributed by atoms with Gasteiger partial charge in [-0.05, 0) is 78.7 Å². The molecule has 0 unspecified atom stereocenters. The fourth-order valence-corrected chi connectivity index (χ4v) is 6.22. The first-order valence-corrected chi connectivity index (χ1v) is 14.8. The Labute approximate surface area is 243 Å². The second kappa shape index (κ2) is 13.3. The molecule has 208 valence electrons. The lowest BCUT2D eigenvalue weighted by molar-refractivity contribution is -0.139. The Morgan fingerprint density at radius 3 is 2.33 bits per heavy atom. The van der Waals surface area contributed by atoms with Crippen LogP contribution in [0.4, 0.5) is 5.69 Å². The van der Waals surface area contributed by atoms with E-state index in [1.165, 1.54) is 30.2 Å². The summed E-state index contributed by atoms with van der Waals surface area (Å²) in [7, 11) is -2.73. The number of hydrogen-bond donors (Lipinski definition) is 1. The Kier molecular flexibility index (Phi) is 10.4. The van der Waals surface area contributed by atoms with Crippen molar-refractivity contribution in [2.45, 2.75) is 38.3 Å². The van der Waals surface area contributed by atoms with Crippen LogP contribution in [0.5, 0.6) is 5.75 Å². The quantitative estimate of drug-likeness (QED) is 0.314. The fraction of sp³-hybridized carbons (Fsp3) is 0.286. The molecule has 0 aliphatic heterocycles. The maximum atomic E-state index is 13.9. The van der Waals surface area contributed by atoms with Gasteiger partial charge < -0.3 is 15.0 Å². The Hall–Kier alpha value is -3.08. The highest BCUT2D eigenvalue weighted by molar-refractivity contribution is 9.10. The van der Waals surface area contributed by atoms with Crippen molar-refractivity contribution in [3.8, 4) is 5.75 Å². The van der Waals surface area contributed by atoms with Crippen LogP contribution in [0, 0.1) is 6.92 Å². The van der Waals surface area contributed by atoms with Crippen molar-refractivity contribution in [3.63, 3.8) is 0 Å². The van der Waals surface area contributed by atoms with Crippen LogP contribution in [0.15, 0.2) is 76.1 Å². The number of sulfonamides is 1. The maximum absolute atomic E-state index is 13.9. The lowest BCUT2D eigenvalue weighted by atomic mass is 10.1. The van der Waals surface area contributed by atoms with Gasteiger partial charge in [0.25, 0.3) is 10.0 Å². The van der Waals surface area contributed by atoms with Crippen LogP contribution < -0.4 is 14.4 Å². The average Bonchev–Trinajstić information content (AvgIpc) is 2.91. The minimum atomic E-state index is -4.21. The van der Waals surface area contributed by atoms with Crippen molar-refractivity contribution in [1.29, 1.82) is 0 Å². The minimum Gasteiger partial charge on any atom is -0.496 e. The Balaban J connectivity index is 2.06.